The van der Waals surface area contributed by atoms with E-state index in [-0.39, 0.29) is 17.8 Å². The Morgan fingerprint density at radius 1 is 1.05 bits per heavy atom. The summed E-state index contributed by atoms with van der Waals surface area (Å²) in [4.78, 5) is 13.7. The molecule has 20 heavy (non-hydrogen) atoms. The number of benzene rings is 2. The molecule has 0 saturated heterocycles. The van der Waals surface area contributed by atoms with E-state index in [4.69, 9.17) is 0 Å². The van der Waals surface area contributed by atoms with E-state index in [9.17, 15) is 9.18 Å². The van der Waals surface area contributed by atoms with E-state index in [1.54, 1.807) is 24.0 Å². The minimum absolute atomic E-state index is 0.00526. The molecule has 0 heterocycles. The van der Waals surface area contributed by atoms with Crippen molar-refractivity contribution in [2.45, 2.75) is 19.9 Å². The Hall–Kier alpha value is -2.16. The molecule has 0 saturated carbocycles. The van der Waals surface area contributed by atoms with Crippen LogP contribution < -0.4 is 0 Å². The van der Waals surface area contributed by atoms with Gasteiger partial charge in [-0.25, -0.2) is 4.39 Å². The maximum atomic E-state index is 13.1. The number of halogens is 1. The van der Waals surface area contributed by atoms with Gasteiger partial charge >= 0.3 is 0 Å². The standard InChI is InChI=1S/C17H18FNO/c1-3-19(13(2)20)17(14-7-5-4-6-8-14)15-9-11-16(18)12-10-15/h4-12,17H,3H2,1-2H3/t17-/m0/s1. The summed E-state index contributed by atoms with van der Waals surface area (Å²) in [6.45, 7) is 4.11. The molecule has 0 spiro atoms. The predicted molar refractivity (Wildman–Crippen MR) is 77.7 cm³/mol. The van der Waals surface area contributed by atoms with Gasteiger partial charge in [0.2, 0.25) is 5.91 Å². The number of hydrogen-bond donors (Lipinski definition) is 0. The normalized spacial score (nSPS) is 11.9. The monoisotopic (exact) mass is 271 g/mol. The molecular weight excluding hydrogens is 253 g/mol. The Morgan fingerprint density at radius 3 is 2.10 bits per heavy atom. The van der Waals surface area contributed by atoms with E-state index in [0.717, 1.165) is 11.1 Å². The first kappa shape index (κ1) is 14.3. The highest BCUT2D eigenvalue weighted by Gasteiger charge is 2.23. The van der Waals surface area contributed by atoms with Crippen LogP contribution in [0.15, 0.2) is 54.6 Å². The summed E-state index contributed by atoms with van der Waals surface area (Å²) < 4.78 is 13.1. The molecule has 104 valence electrons. The first-order valence-corrected chi connectivity index (χ1v) is 6.71. The molecule has 1 atom stereocenters. The summed E-state index contributed by atoms with van der Waals surface area (Å²) in [5.74, 6) is -0.267. The molecule has 0 bridgehead atoms. The molecule has 1 amide bonds. The topological polar surface area (TPSA) is 20.3 Å². The predicted octanol–water partition coefficient (Wildman–Crippen LogP) is 3.78. The van der Waals surface area contributed by atoms with Crippen LogP contribution in [0.5, 0.6) is 0 Å². The third-order valence-electron chi connectivity index (χ3n) is 3.36. The van der Waals surface area contributed by atoms with Crippen LogP contribution in [-0.2, 0) is 4.79 Å². The Labute approximate surface area is 118 Å². The third kappa shape index (κ3) is 3.05. The van der Waals surface area contributed by atoms with Gasteiger partial charge in [0.15, 0.2) is 0 Å². The zero-order valence-corrected chi connectivity index (χ0v) is 11.7. The average Bonchev–Trinajstić information content (AvgIpc) is 2.46. The van der Waals surface area contributed by atoms with Crippen molar-refractivity contribution in [1.82, 2.24) is 4.90 Å². The zero-order chi connectivity index (χ0) is 14.5. The first-order chi connectivity index (χ1) is 9.63. The number of hydrogen-bond acceptors (Lipinski definition) is 1. The number of rotatable bonds is 4. The highest BCUT2D eigenvalue weighted by atomic mass is 19.1. The van der Waals surface area contributed by atoms with Crippen LogP contribution in [0.3, 0.4) is 0 Å². The van der Waals surface area contributed by atoms with Crippen molar-refractivity contribution in [3.63, 3.8) is 0 Å². The fourth-order valence-corrected chi connectivity index (χ4v) is 2.42. The Morgan fingerprint density at radius 2 is 1.60 bits per heavy atom. The van der Waals surface area contributed by atoms with Crippen LogP contribution in [0, 0.1) is 5.82 Å². The van der Waals surface area contributed by atoms with Crippen LogP contribution in [0.4, 0.5) is 4.39 Å². The zero-order valence-electron chi connectivity index (χ0n) is 11.7. The van der Waals surface area contributed by atoms with Gasteiger partial charge in [-0.3, -0.25) is 4.79 Å². The molecule has 0 fully saturated rings. The van der Waals surface area contributed by atoms with E-state index in [1.165, 1.54) is 12.1 Å². The van der Waals surface area contributed by atoms with Crippen molar-refractivity contribution >= 4 is 5.91 Å². The summed E-state index contributed by atoms with van der Waals surface area (Å²) >= 11 is 0. The molecule has 0 aromatic heterocycles. The van der Waals surface area contributed by atoms with Crippen LogP contribution >= 0.6 is 0 Å². The maximum absolute atomic E-state index is 13.1. The maximum Gasteiger partial charge on any atom is 0.220 e. The van der Waals surface area contributed by atoms with Gasteiger partial charge in [-0.05, 0) is 30.2 Å². The quantitative estimate of drug-likeness (QED) is 0.828. The van der Waals surface area contributed by atoms with E-state index in [1.807, 2.05) is 37.3 Å². The Bertz CT molecular complexity index is 565. The second kappa shape index (κ2) is 6.33. The van der Waals surface area contributed by atoms with Crippen LogP contribution in [0.1, 0.15) is 31.0 Å². The highest BCUT2D eigenvalue weighted by molar-refractivity contribution is 5.74. The van der Waals surface area contributed by atoms with Gasteiger partial charge in [0.25, 0.3) is 0 Å². The molecule has 0 radical (unpaired) electrons. The van der Waals surface area contributed by atoms with Crippen molar-refractivity contribution in [1.29, 1.82) is 0 Å². The fraction of sp³-hybridized carbons (Fsp3) is 0.235. The lowest BCUT2D eigenvalue weighted by Crippen LogP contribution is -2.33. The molecule has 0 unspecified atom stereocenters. The molecule has 0 N–H and O–H groups in total. The van der Waals surface area contributed by atoms with Crippen molar-refractivity contribution in [3.8, 4) is 0 Å². The number of carbonyl (C=O) groups excluding carboxylic acids is 1. The minimum atomic E-state index is -0.272. The molecule has 2 aromatic rings. The minimum Gasteiger partial charge on any atom is -0.332 e. The number of amides is 1. The second-order valence-electron chi connectivity index (χ2n) is 4.67. The smallest absolute Gasteiger partial charge is 0.220 e. The van der Waals surface area contributed by atoms with E-state index < -0.39 is 0 Å². The van der Waals surface area contributed by atoms with Crippen molar-refractivity contribution < 1.29 is 9.18 Å². The van der Waals surface area contributed by atoms with Gasteiger partial charge in [-0.2, -0.15) is 0 Å². The summed E-state index contributed by atoms with van der Waals surface area (Å²) in [5, 5.41) is 0. The van der Waals surface area contributed by atoms with Gasteiger partial charge in [-0.1, -0.05) is 42.5 Å². The fourth-order valence-electron chi connectivity index (χ4n) is 2.42. The van der Waals surface area contributed by atoms with Gasteiger partial charge < -0.3 is 4.90 Å². The SMILES string of the molecule is CCN(C(C)=O)[C@@H](c1ccccc1)c1ccc(F)cc1. The van der Waals surface area contributed by atoms with Crippen molar-refractivity contribution in [3.05, 3.63) is 71.5 Å². The Kier molecular flexibility index (Phi) is 4.51. The molecule has 2 rings (SSSR count). The molecule has 0 aliphatic heterocycles. The van der Waals surface area contributed by atoms with Gasteiger partial charge in [-0.15, -0.1) is 0 Å². The lowest BCUT2D eigenvalue weighted by Gasteiger charge is -2.31. The highest BCUT2D eigenvalue weighted by Crippen LogP contribution is 2.28. The van der Waals surface area contributed by atoms with Crippen LogP contribution in [-0.4, -0.2) is 17.4 Å². The summed E-state index contributed by atoms with van der Waals surface area (Å²) in [7, 11) is 0. The van der Waals surface area contributed by atoms with E-state index in [2.05, 4.69) is 0 Å². The summed E-state index contributed by atoms with van der Waals surface area (Å²) in [6.07, 6.45) is 0. The number of nitrogens with zero attached hydrogens (tertiary/aromatic N) is 1. The van der Waals surface area contributed by atoms with Crippen molar-refractivity contribution in [2.24, 2.45) is 0 Å². The lowest BCUT2D eigenvalue weighted by molar-refractivity contribution is -0.130. The molecule has 0 aliphatic carbocycles. The average molecular weight is 271 g/mol. The van der Waals surface area contributed by atoms with Crippen LogP contribution in [0.25, 0.3) is 0 Å². The second-order valence-corrected chi connectivity index (χ2v) is 4.67. The van der Waals surface area contributed by atoms with Gasteiger partial charge in [0.1, 0.15) is 5.82 Å². The first-order valence-electron chi connectivity index (χ1n) is 6.71. The largest absolute Gasteiger partial charge is 0.332 e. The van der Waals surface area contributed by atoms with E-state index >= 15 is 0 Å². The molecule has 0 aliphatic rings. The molecule has 3 heteroatoms. The molecule has 2 nitrogen and oxygen atoms in total. The van der Waals surface area contributed by atoms with Crippen molar-refractivity contribution in [2.75, 3.05) is 6.54 Å². The third-order valence-corrected chi connectivity index (χ3v) is 3.36. The molecular formula is C17H18FNO. The molecule has 2 aromatic carbocycles. The van der Waals surface area contributed by atoms with Crippen LogP contribution in [0.2, 0.25) is 0 Å². The number of carbonyl (C=O) groups is 1. The van der Waals surface area contributed by atoms with Gasteiger partial charge in [0.05, 0.1) is 6.04 Å². The van der Waals surface area contributed by atoms with E-state index in [0.29, 0.717) is 6.54 Å². The Balaban J connectivity index is 2.49. The summed E-state index contributed by atoms with van der Waals surface area (Å²) in [5.41, 5.74) is 1.94. The lowest BCUT2D eigenvalue weighted by atomic mass is 9.97. The van der Waals surface area contributed by atoms with Gasteiger partial charge in [0, 0.05) is 13.5 Å². The summed E-state index contributed by atoms with van der Waals surface area (Å²) in [6, 6.07) is 15.9.